The summed E-state index contributed by atoms with van der Waals surface area (Å²) in [7, 11) is 1.76. The van der Waals surface area contributed by atoms with Crippen molar-refractivity contribution in [3.63, 3.8) is 0 Å². The Kier molecular flexibility index (Phi) is 4.89. The molecule has 0 bridgehead atoms. The number of nitrogens with zero attached hydrogens (tertiary/aromatic N) is 3. The Morgan fingerprint density at radius 2 is 2.25 bits per heavy atom. The minimum atomic E-state index is -0.440. The van der Waals surface area contributed by atoms with Crippen molar-refractivity contribution in [1.82, 2.24) is 20.0 Å². The number of piperidine rings is 1. The Balaban J connectivity index is 1.60. The number of nitrogens with one attached hydrogen (secondary N) is 1. The molecule has 5 nitrogen and oxygen atoms in total. The molecule has 128 valence electrons. The van der Waals surface area contributed by atoms with E-state index in [1.165, 1.54) is 12.3 Å². The molecule has 1 fully saturated rings. The predicted octanol–water partition coefficient (Wildman–Crippen LogP) is 2.09. The van der Waals surface area contributed by atoms with Gasteiger partial charge in [0.15, 0.2) is 0 Å². The van der Waals surface area contributed by atoms with Gasteiger partial charge < -0.3 is 5.32 Å². The number of hydrogen-bond acceptors (Lipinski definition) is 3. The first-order valence-corrected chi connectivity index (χ1v) is 7.97. The number of benzene rings is 1. The molecule has 0 saturated carbocycles. The molecule has 3 rings (SSSR count). The molecule has 1 N–H and O–H groups in total. The van der Waals surface area contributed by atoms with Crippen LogP contribution >= 0.6 is 0 Å². The van der Waals surface area contributed by atoms with Gasteiger partial charge in [0.05, 0.1) is 11.8 Å². The van der Waals surface area contributed by atoms with Gasteiger partial charge in [0.1, 0.15) is 11.6 Å². The fourth-order valence-electron chi connectivity index (χ4n) is 3.03. The summed E-state index contributed by atoms with van der Waals surface area (Å²) >= 11 is 0. The normalized spacial score (nSPS) is 18.5. The minimum Gasteiger partial charge on any atom is -0.348 e. The zero-order chi connectivity index (χ0) is 17.1. The van der Waals surface area contributed by atoms with Crippen molar-refractivity contribution in [2.45, 2.75) is 25.4 Å². The first-order valence-electron chi connectivity index (χ1n) is 7.97. The number of likely N-dealkylation sites (tertiary alicyclic amines) is 1. The third kappa shape index (κ3) is 3.97. The van der Waals surface area contributed by atoms with Crippen LogP contribution in [0.25, 0.3) is 0 Å². The zero-order valence-corrected chi connectivity index (χ0v) is 13.5. The molecular weight excluding hydrogens is 314 g/mol. The lowest BCUT2D eigenvalue weighted by Crippen LogP contribution is -2.47. The third-order valence-electron chi connectivity index (χ3n) is 4.21. The molecule has 1 amide bonds. The average molecular weight is 334 g/mol. The minimum absolute atomic E-state index is 0.0110. The molecule has 1 aliphatic rings. The van der Waals surface area contributed by atoms with Crippen LogP contribution in [-0.2, 0) is 13.6 Å². The highest BCUT2D eigenvalue weighted by Gasteiger charge is 2.23. The molecule has 0 radical (unpaired) electrons. The topological polar surface area (TPSA) is 50.2 Å². The summed E-state index contributed by atoms with van der Waals surface area (Å²) in [5.74, 6) is -1.00. The van der Waals surface area contributed by atoms with Gasteiger partial charge in [0, 0.05) is 37.9 Å². The van der Waals surface area contributed by atoms with Crippen LogP contribution in [-0.4, -0.2) is 39.7 Å². The zero-order valence-electron chi connectivity index (χ0n) is 13.5. The van der Waals surface area contributed by atoms with Crippen LogP contribution in [0.5, 0.6) is 0 Å². The number of halogens is 2. The average Bonchev–Trinajstić information content (AvgIpc) is 2.98. The molecule has 0 spiro atoms. The van der Waals surface area contributed by atoms with E-state index in [-0.39, 0.29) is 11.9 Å². The molecule has 1 aliphatic heterocycles. The molecule has 1 aromatic heterocycles. The van der Waals surface area contributed by atoms with Crippen LogP contribution in [0.1, 0.15) is 28.8 Å². The lowest BCUT2D eigenvalue weighted by molar-refractivity contribution is 0.0900. The van der Waals surface area contributed by atoms with E-state index in [0.717, 1.165) is 31.5 Å². The van der Waals surface area contributed by atoms with Crippen molar-refractivity contribution in [2.75, 3.05) is 13.1 Å². The molecule has 2 aromatic rings. The van der Waals surface area contributed by atoms with E-state index in [2.05, 4.69) is 10.4 Å². The van der Waals surface area contributed by atoms with Crippen LogP contribution in [0.4, 0.5) is 8.78 Å². The Labute approximate surface area is 139 Å². The Morgan fingerprint density at radius 3 is 3.00 bits per heavy atom. The van der Waals surface area contributed by atoms with Gasteiger partial charge in [-0.05, 0) is 37.6 Å². The highest BCUT2D eigenvalue weighted by molar-refractivity contribution is 5.93. The SMILES string of the molecule is Cn1cc(C(=O)NC2CCCN(Cc3cc(F)ccc3F)C2)cn1. The standard InChI is InChI=1S/C17H20F2N4O/c1-22-9-13(8-20-22)17(24)21-15-3-2-6-23(11-15)10-12-7-14(18)4-5-16(12)19/h4-5,7-9,15H,2-3,6,10-11H2,1H3,(H,21,24). The second-order valence-electron chi connectivity index (χ2n) is 6.19. The quantitative estimate of drug-likeness (QED) is 0.931. The summed E-state index contributed by atoms with van der Waals surface area (Å²) in [5.41, 5.74) is 0.861. The Hall–Kier alpha value is -2.28. The molecule has 1 saturated heterocycles. The van der Waals surface area contributed by atoms with Crippen LogP contribution in [0.15, 0.2) is 30.6 Å². The first-order chi connectivity index (χ1) is 11.5. The molecule has 1 aromatic carbocycles. The summed E-state index contributed by atoms with van der Waals surface area (Å²) < 4.78 is 28.7. The number of amides is 1. The van der Waals surface area contributed by atoms with Crippen LogP contribution < -0.4 is 5.32 Å². The predicted molar refractivity (Wildman–Crippen MR) is 85.3 cm³/mol. The number of aromatic nitrogens is 2. The van der Waals surface area contributed by atoms with E-state index in [1.54, 1.807) is 17.9 Å². The maximum absolute atomic E-state index is 13.8. The lowest BCUT2D eigenvalue weighted by Gasteiger charge is -2.33. The first kappa shape index (κ1) is 16.6. The van der Waals surface area contributed by atoms with E-state index >= 15 is 0 Å². The highest BCUT2D eigenvalue weighted by Crippen LogP contribution is 2.17. The smallest absolute Gasteiger partial charge is 0.254 e. The molecule has 1 unspecified atom stereocenters. The summed E-state index contributed by atoms with van der Waals surface area (Å²) in [4.78, 5) is 14.2. The molecular formula is C17H20F2N4O. The summed E-state index contributed by atoms with van der Waals surface area (Å²) in [6.45, 7) is 1.75. The van der Waals surface area contributed by atoms with Gasteiger partial charge in [0.2, 0.25) is 0 Å². The molecule has 0 aliphatic carbocycles. The van der Waals surface area contributed by atoms with Crippen LogP contribution in [0.2, 0.25) is 0 Å². The summed E-state index contributed by atoms with van der Waals surface area (Å²) in [5, 5.41) is 6.98. The number of carbonyl (C=O) groups excluding carboxylic acids is 1. The number of aryl methyl sites for hydroxylation is 1. The van der Waals surface area contributed by atoms with Crippen molar-refractivity contribution in [3.8, 4) is 0 Å². The largest absolute Gasteiger partial charge is 0.348 e. The molecule has 1 atom stereocenters. The van der Waals surface area contributed by atoms with Crippen molar-refractivity contribution in [2.24, 2.45) is 7.05 Å². The fraction of sp³-hybridized carbons (Fsp3) is 0.412. The van der Waals surface area contributed by atoms with Crippen molar-refractivity contribution >= 4 is 5.91 Å². The van der Waals surface area contributed by atoms with Crippen molar-refractivity contribution < 1.29 is 13.6 Å². The number of hydrogen-bond donors (Lipinski definition) is 1. The van der Waals surface area contributed by atoms with E-state index in [1.807, 2.05) is 4.90 Å². The Bertz CT molecular complexity index is 731. The maximum atomic E-state index is 13.8. The molecule has 2 heterocycles. The number of carbonyl (C=O) groups is 1. The third-order valence-corrected chi connectivity index (χ3v) is 4.21. The van der Waals surface area contributed by atoms with Gasteiger partial charge in [-0.1, -0.05) is 0 Å². The molecule has 24 heavy (non-hydrogen) atoms. The second kappa shape index (κ2) is 7.09. The summed E-state index contributed by atoms with van der Waals surface area (Å²) in [6, 6.07) is 3.48. The van der Waals surface area contributed by atoms with Gasteiger partial charge in [-0.15, -0.1) is 0 Å². The van der Waals surface area contributed by atoms with Gasteiger partial charge in [-0.2, -0.15) is 5.10 Å². The fourth-order valence-corrected chi connectivity index (χ4v) is 3.03. The van der Waals surface area contributed by atoms with E-state index in [9.17, 15) is 13.6 Å². The Morgan fingerprint density at radius 1 is 1.42 bits per heavy atom. The second-order valence-corrected chi connectivity index (χ2v) is 6.19. The van der Waals surface area contributed by atoms with Gasteiger partial charge in [-0.25, -0.2) is 8.78 Å². The maximum Gasteiger partial charge on any atom is 0.254 e. The summed E-state index contributed by atoms with van der Waals surface area (Å²) in [6.07, 6.45) is 4.96. The van der Waals surface area contributed by atoms with Crippen molar-refractivity contribution in [1.29, 1.82) is 0 Å². The number of rotatable bonds is 4. The highest BCUT2D eigenvalue weighted by atomic mass is 19.1. The van der Waals surface area contributed by atoms with Gasteiger partial charge in [0.25, 0.3) is 5.91 Å². The van der Waals surface area contributed by atoms with E-state index in [0.29, 0.717) is 24.2 Å². The van der Waals surface area contributed by atoms with Crippen LogP contribution in [0.3, 0.4) is 0 Å². The van der Waals surface area contributed by atoms with Gasteiger partial charge in [-0.3, -0.25) is 14.4 Å². The van der Waals surface area contributed by atoms with Crippen LogP contribution in [0, 0.1) is 11.6 Å². The lowest BCUT2D eigenvalue weighted by atomic mass is 10.0. The van der Waals surface area contributed by atoms with E-state index < -0.39 is 11.6 Å². The molecule has 7 heteroatoms. The van der Waals surface area contributed by atoms with Gasteiger partial charge >= 0.3 is 0 Å². The van der Waals surface area contributed by atoms with E-state index in [4.69, 9.17) is 0 Å². The monoisotopic (exact) mass is 334 g/mol. The van der Waals surface area contributed by atoms with Crippen molar-refractivity contribution in [3.05, 3.63) is 53.4 Å².